The van der Waals surface area contributed by atoms with E-state index in [1.807, 2.05) is 24.3 Å². The first-order valence-electron chi connectivity index (χ1n) is 8.81. The molecule has 144 valence electrons. The third-order valence-electron chi connectivity index (χ3n) is 4.29. The van der Waals surface area contributed by atoms with Gasteiger partial charge in [0.1, 0.15) is 12.4 Å². The standard InChI is InChI=1S/C20H19N3O5/c1-23(10-16-11-26-17-4-2-3-5-18(17)28-16)19(24)12-25-15-8-6-14(7-9-15)20-22-21-13-27-20/h2-9,13,16H,10-12H2,1H3/t16-/m0/s1. The summed E-state index contributed by atoms with van der Waals surface area (Å²) in [5, 5.41) is 7.49. The molecule has 0 radical (unpaired) electrons. The first-order valence-corrected chi connectivity index (χ1v) is 8.81. The van der Waals surface area contributed by atoms with Crippen LogP contribution in [0.1, 0.15) is 0 Å². The molecule has 0 bridgehead atoms. The van der Waals surface area contributed by atoms with Crippen molar-refractivity contribution < 1.29 is 23.4 Å². The number of likely N-dealkylation sites (N-methyl/N-ethyl adjacent to an activating group) is 1. The molecule has 1 amide bonds. The highest BCUT2D eigenvalue weighted by molar-refractivity contribution is 5.77. The minimum atomic E-state index is -0.225. The smallest absolute Gasteiger partial charge is 0.260 e. The van der Waals surface area contributed by atoms with E-state index in [0.29, 0.717) is 30.5 Å². The fraction of sp³-hybridized carbons (Fsp3) is 0.250. The number of nitrogens with zero attached hydrogens (tertiary/aromatic N) is 3. The van der Waals surface area contributed by atoms with E-state index >= 15 is 0 Å². The van der Waals surface area contributed by atoms with E-state index in [0.717, 1.165) is 11.3 Å². The Labute approximate surface area is 161 Å². The topological polar surface area (TPSA) is 86.9 Å². The normalized spacial score (nSPS) is 15.1. The van der Waals surface area contributed by atoms with E-state index in [2.05, 4.69) is 10.2 Å². The van der Waals surface area contributed by atoms with Crippen LogP contribution in [0.25, 0.3) is 11.5 Å². The van der Waals surface area contributed by atoms with Crippen molar-refractivity contribution in [2.75, 3.05) is 26.8 Å². The summed E-state index contributed by atoms with van der Waals surface area (Å²) in [7, 11) is 1.72. The van der Waals surface area contributed by atoms with Crippen molar-refractivity contribution in [3.63, 3.8) is 0 Å². The molecule has 8 heteroatoms. The third-order valence-corrected chi connectivity index (χ3v) is 4.29. The molecular weight excluding hydrogens is 362 g/mol. The largest absolute Gasteiger partial charge is 0.486 e. The van der Waals surface area contributed by atoms with Gasteiger partial charge in [0.15, 0.2) is 24.2 Å². The summed E-state index contributed by atoms with van der Waals surface area (Å²) >= 11 is 0. The van der Waals surface area contributed by atoms with Crippen molar-refractivity contribution in [2.45, 2.75) is 6.10 Å². The Morgan fingerprint density at radius 3 is 2.71 bits per heavy atom. The predicted molar refractivity (Wildman–Crippen MR) is 99.2 cm³/mol. The highest BCUT2D eigenvalue weighted by atomic mass is 16.6. The summed E-state index contributed by atoms with van der Waals surface area (Å²) in [6.07, 6.45) is 1.05. The van der Waals surface area contributed by atoms with Crippen LogP contribution in [0.5, 0.6) is 17.2 Å². The van der Waals surface area contributed by atoms with Gasteiger partial charge in [-0.25, -0.2) is 0 Å². The van der Waals surface area contributed by atoms with E-state index in [1.165, 1.54) is 6.39 Å². The number of aromatic nitrogens is 2. The van der Waals surface area contributed by atoms with Crippen molar-refractivity contribution in [2.24, 2.45) is 0 Å². The van der Waals surface area contributed by atoms with Crippen LogP contribution >= 0.6 is 0 Å². The molecule has 0 unspecified atom stereocenters. The van der Waals surface area contributed by atoms with Crippen LogP contribution in [-0.2, 0) is 4.79 Å². The van der Waals surface area contributed by atoms with Gasteiger partial charge < -0.3 is 23.5 Å². The van der Waals surface area contributed by atoms with Gasteiger partial charge in [-0.2, -0.15) is 0 Å². The van der Waals surface area contributed by atoms with Crippen LogP contribution in [-0.4, -0.2) is 53.9 Å². The maximum Gasteiger partial charge on any atom is 0.260 e. The van der Waals surface area contributed by atoms with Crippen LogP contribution in [0.4, 0.5) is 0 Å². The summed E-state index contributed by atoms with van der Waals surface area (Å²) in [5.41, 5.74) is 0.781. The second-order valence-electron chi connectivity index (χ2n) is 6.33. The monoisotopic (exact) mass is 381 g/mol. The molecule has 0 saturated carbocycles. The summed E-state index contributed by atoms with van der Waals surface area (Å²) in [5.74, 6) is 2.27. The molecule has 4 rings (SSSR count). The molecule has 0 fully saturated rings. The highest BCUT2D eigenvalue weighted by Crippen LogP contribution is 2.31. The van der Waals surface area contributed by atoms with Crippen molar-refractivity contribution >= 4 is 5.91 Å². The molecular formula is C20H19N3O5. The number of carbonyl (C=O) groups is 1. The van der Waals surface area contributed by atoms with Gasteiger partial charge >= 0.3 is 0 Å². The Balaban J connectivity index is 1.27. The number of rotatable bonds is 6. The van der Waals surface area contributed by atoms with E-state index in [1.54, 1.807) is 36.2 Å². The lowest BCUT2D eigenvalue weighted by Gasteiger charge is -2.29. The number of ether oxygens (including phenoxy) is 3. The summed E-state index contributed by atoms with van der Waals surface area (Å²) in [6.45, 7) is 0.736. The van der Waals surface area contributed by atoms with Crippen LogP contribution < -0.4 is 14.2 Å². The van der Waals surface area contributed by atoms with Gasteiger partial charge in [0.05, 0.1) is 6.54 Å². The van der Waals surface area contributed by atoms with E-state index in [4.69, 9.17) is 18.6 Å². The summed E-state index contributed by atoms with van der Waals surface area (Å²) < 4.78 is 22.3. The minimum Gasteiger partial charge on any atom is -0.486 e. The van der Waals surface area contributed by atoms with Crippen LogP contribution in [0, 0.1) is 0 Å². The molecule has 0 saturated heterocycles. The molecule has 2 heterocycles. The lowest BCUT2D eigenvalue weighted by molar-refractivity contribution is -0.133. The molecule has 0 aliphatic carbocycles. The lowest BCUT2D eigenvalue weighted by Crippen LogP contribution is -2.43. The van der Waals surface area contributed by atoms with Crippen LogP contribution in [0.2, 0.25) is 0 Å². The fourth-order valence-corrected chi connectivity index (χ4v) is 2.81. The second kappa shape index (κ2) is 7.99. The first-order chi connectivity index (χ1) is 13.7. The average Bonchev–Trinajstić information content (AvgIpc) is 3.27. The van der Waals surface area contributed by atoms with Crippen molar-refractivity contribution in [3.8, 4) is 28.7 Å². The zero-order valence-corrected chi connectivity index (χ0v) is 15.3. The summed E-state index contributed by atoms with van der Waals surface area (Å²) in [4.78, 5) is 13.9. The number of carbonyl (C=O) groups excluding carboxylic acids is 1. The van der Waals surface area contributed by atoms with E-state index < -0.39 is 0 Å². The van der Waals surface area contributed by atoms with E-state index in [9.17, 15) is 4.79 Å². The zero-order chi connectivity index (χ0) is 19.3. The second-order valence-corrected chi connectivity index (χ2v) is 6.33. The van der Waals surface area contributed by atoms with Crippen molar-refractivity contribution in [3.05, 3.63) is 54.9 Å². The Morgan fingerprint density at radius 2 is 1.96 bits per heavy atom. The van der Waals surface area contributed by atoms with Crippen LogP contribution in [0.15, 0.2) is 59.3 Å². The van der Waals surface area contributed by atoms with Crippen LogP contribution in [0.3, 0.4) is 0 Å². The average molecular weight is 381 g/mol. The molecule has 3 aromatic rings. The van der Waals surface area contributed by atoms with Gasteiger partial charge in [-0.15, -0.1) is 10.2 Å². The molecule has 8 nitrogen and oxygen atoms in total. The maximum atomic E-state index is 12.4. The Hall–Kier alpha value is -3.55. The molecule has 2 aromatic carbocycles. The van der Waals surface area contributed by atoms with Crippen molar-refractivity contribution in [1.82, 2.24) is 15.1 Å². The molecule has 1 aliphatic heterocycles. The maximum absolute atomic E-state index is 12.4. The molecule has 1 aliphatic rings. The number of amides is 1. The summed E-state index contributed by atoms with van der Waals surface area (Å²) in [6, 6.07) is 14.6. The van der Waals surface area contributed by atoms with Gasteiger partial charge in [0, 0.05) is 12.6 Å². The minimum absolute atomic E-state index is 0.0689. The van der Waals surface area contributed by atoms with Gasteiger partial charge in [-0.3, -0.25) is 4.79 Å². The van der Waals surface area contributed by atoms with Gasteiger partial charge in [-0.05, 0) is 36.4 Å². The highest BCUT2D eigenvalue weighted by Gasteiger charge is 2.23. The molecule has 28 heavy (non-hydrogen) atoms. The van der Waals surface area contributed by atoms with Gasteiger partial charge in [0.25, 0.3) is 5.91 Å². The quantitative estimate of drug-likeness (QED) is 0.648. The number of fused-ring (bicyclic) bond motifs is 1. The molecule has 1 aromatic heterocycles. The molecule has 1 atom stereocenters. The lowest BCUT2D eigenvalue weighted by atomic mass is 10.2. The number of hydrogen-bond donors (Lipinski definition) is 0. The number of benzene rings is 2. The van der Waals surface area contributed by atoms with Gasteiger partial charge in [-0.1, -0.05) is 12.1 Å². The first kappa shape index (κ1) is 17.8. The number of hydrogen-bond acceptors (Lipinski definition) is 7. The Morgan fingerprint density at radius 1 is 1.18 bits per heavy atom. The fourth-order valence-electron chi connectivity index (χ4n) is 2.81. The molecule has 0 spiro atoms. The third kappa shape index (κ3) is 4.06. The SMILES string of the molecule is CN(C[C@H]1COc2ccccc2O1)C(=O)COc1ccc(-c2nnco2)cc1. The van der Waals surface area contributed by atoms with Gasteiger partial charge in [0.2, 0.25) is 12.3 Å². The number of para-hydroxylation sites is 2. The Kier molecular flexibility index (Phi) is 5.09. The predicted octanol–water partition coefficient (Wildman–Crippen LogP) is 2.41. The zero-order valence-electron chi connectivity index (χ0n) is 15.3. The Bertz CT molecular complexity index is 927. The van der Waals surface area contributed by atoms with E-state index in [-0.39, 0.29) is 18.6 Å². The molecule has 0 N–H and O–H groups in total. The van der Waals surface area contributed by atoms with Crippen molar-refractivity contribution in [1.29, 1.82) is 0 Å².